The Hall–Kier alpha value is -0.570. The van der Waals surface area contributed by atoms with E-state index in [0.29, 0.717) is 11.9 Å². The van der Waals surface area contributed by atoms with Gasteiger partial charge in [0, 0.05) is 6.04 Å². The normalized spacial score (nSPS) is 27.8. The van der Waals surface area contributed by atoms with Gasteiger partial charge in [-0.05, 0) is 32.6 Å². The summed E-state index contributed by atoms with van der Waals surface area (Å²) in [6, 6.07) is 0.395. The van der Waals surface area contributed by atoms with Crippen LogP contribution in [-0.4, -0.2) is 28.6 Å². The fourth-order valence-electron chi connectivity index (χ4n) is 2.96. The molecule has 3 heteroatoms. The molecule has 0 aromatic rings. The highest BCUT2D eigenvalue weighted by Crippen LogP contribution is 2.43. The molecule has 1 N–H and O–H groups in total. The molecule has 1 heterocycles. The fraction of sp³-hybridized carbons (Fsp3) is 0.929. The van der Waals surface area contributed by atoms with Gasteiger partial charge in [0.2, 0.25) is 5.91 Å². The van der Waals surface area contributed by atoms with E-state index >= 15 is 0 Å². The summed E-state index contributed by atoms with van der Waals surface area (Å²) in [6.07, 6.45) is 8.30. The van der Waals surface area contributed by atoms with Crippen molar-refractivity contribution in [2.45, 2.75) is 83.5 Å². The van der Waals surface area contributed by atoms with Crippen molar-refractivity contribution in [2.75, 3.05) is 0 Å². The Balaban J connectivity index is 1.95. The van der Waals surface area contributed by atoms with Crippen molar-refractivity contribution in [3.8, 4) is 0 Å². The molecule has 2 fully saturated rings. The van der Waals surface area contributed by atoms with Gasteiger partial charge in [-0.1, -0.05) is 33.1 Å². The van der Waals surface area contributed by atoms with Gasteiger partial charge < -0.3 is 4.90 Å². The van der Waals surface area contributed by atoms with E-state index in [1.165, 1.54) is 19.3 Å². The lowest BCUT2D eigenvalue weighted by molar-refractivity contribution is -0.132. The zero-order valence-electron chi connectivity index (χ0n) is 11.5. The molecule has 2 rings (SSSR count). The molecule has 2 unspecified atom stereocenters. The van der Waals surface area contributed by atoms with Crippen molar-refractivity contribution in [1.29, 1.82) is 0 Å². The number of hydrogen-bond acceptors (Lipinski definition) is 2. The van der Waals surface area contributed by atoms with Crippen molar-refractivity contribution in [2.24, 2.45) is 0 Å². The molecule has 98 valence electrons. The first-order valence-corrected chi connectivity index (χ1v) is 7.25. The van der Waals surface area contributed by atoms with E-state index in [1.54, 1.807) is 0 Å². The quantitative estimate of drug-likeness (QED) is 0.722. The van der Waals surface area contributed by atoms with Crippen LogP contribution in [0.3, 0.4) is 0 Å². The third kappa shape index (κ3) is 2.35. The van der Waals surface area contributed by atoms with Crippen LogP contribution in [0, 0.1) is 0 Å². The van der Waals surface area contributed by atoms with Gasteiger partial charge in [0.1, 0.15) is 0 Å². The minimum atomic E-state index is -0.139. The van der Waals surface area contributed by atoms with E-state index in [1.807, 2.05) is 0 Å². The number of unbranched alkanes of at least 4 members (excludes halogenated alkanes) is 2. The van der Waals surface area contributed by atoms with E-state index in [9.17, 15) is 4.79 Å². The summed E-state index contributed by atoms with van der Waals surface area (Å²) >= 11 is 0. The van der Waals surface area contributed by atoms with Gasteiger partial charge >= 0.3 is 0 Å². The molecule has 3 nitrogen and oxygen atoms in total. The average molecular weight is 238 g/mol. The molecule has 0 bridgehead atoms. The molecule has 1 saturated heterocycles. The topological polar surface area (TPSA) is 32.3 Å². The Morgan fingerprint density at radius 2 is 2.12 bits per heavy atom. The molecular weight excluding hydrogens is 212 g/mol. The lowest BCUT2D eigenvalue weighted by Crippen LogP contribution is -2.42. The van der Waals surface area contributed by atoms with E-state index in [2.05, 4.69) is 31.0 Å². The molecule has 0 aromatic carbocycles. The van der Waals surface area contributed by atoms with Crippen LogP contribution in [0.1, 0.15) is 65.7 Å². The summed E-state index contributed by atoms with van der Waals surface area (Å²) in [7, 11) is 0. The fourth-order valence-corrected chi connectivity index (χ4v) is 2.96. The average Bonchev–Trinajstić information content (AvgIpc) is 3.03. The number of amides is 1. The number of nitrogens with one attached hydrogen (secondary N) is 1. The lowest BCUT2D eigenvalue weighted by Gasteiger charge is -2.29. The highest BCUT2D eigenvalue weighted by molar-refractivity contribution is 5.92. The summed E-state index contributed by atoms with van der Waals surface area (Å²) in [6.45, 7) is 6.60. The summed E-state index contributed by atoms with van der Waals surface area (Å²) in [5.74, 6) is 0.369. The van der Waals surface area contributed by atoms with E-state index in [0.717, 1.165) is 25.7 Å². The third-order valence-corrected chi connectivity index (χ3v) is 4.26. The van der Waals surface area contributed by atoms with Gasteiger partial charge in [0.25, 0.3) is 0 Å². The zero-order valence-corrected chi connectivity index (χ0v) is 11.5. The predicted molar refractivity (Wildman–Crippen MR) is 69.6 cm³/mol. The highest BCUT2D eigenvalue weighted by atomic mass is 16.2. The van der Waals surface area contributed by atoms with Crippen molar-refractivity contribution in [1.82, 2.24) is 10.2 Å². The van der Waals surface area contributed by atoms with Crippen molar-refractivity contribution in [3.05, 3.63) is 0 Å². The van der Waals surface area contributed by atoms with E-state index < -0.39 is 0 Å². The SMILES string of the molecule is CCCCCC(C)N1C(=O)C2(CC2)NC1CC. The van der Waals surface area contributed by atoms with E-state index in [-0.39, 0.29) is 11.7 Å². The lowest BCUT2D eigenvalue weighted by atomic mass is 10.1. The van der Waals surface area contributed by atoms with Gasteiger partial charge in [0.15, 0.2) is 0 Å². The number of carbonyl (C=O) groups excluding carboxylic acids is 1. The monoisotopic (exact) mass is 238 g/mol. The Labute approximate surface area is 105 Å². The largest absolute Gasteiger partial charge is 0.323 e. The smallest absolute Gasteiger partial charge is 0.244 e. The van der Waals surface area contributed by atoms with Crippen LogP contribution in [0.25, 0.3) is 0 Å². The third-order valence-electron chi connectivity index (χ3n) is 4.26. The van der Waals surface area contributed by atoms with Crippen LogP contribution in [0.5, 0.6) is 0 Å². The Morgan fingerprint density at radius 3 is 2.65 bits per heavy atom. The van der Waals surface area contributed by atoms with Crippen molar-refractivity contribution in [3.63, 3.8) is 0 Å². The molecule has 17 heavy (non-hydrogen) atoms. The Bertz CT molecular complexity index is 286. The molecule has 1 spiro atoms. The molecule has 1 aliphatic heterocycles. The number of hydrogen-bond donors (Lipinski definition) is 1. The van der Waals surface area contributed by atoms with E-state index in [4.69, 9.17) is 0 Å². The van der Waals surface area contributed by atoms with Gasteiger partial charge in [0.05, 0.1) is 11.7 Å². The van der Waals surface area contributed by atoms with Gasteiger partial charge in [-0.3, -0.25) is 10.1 Å². The van der Waals surface area contributed by atoms with Crippen molar-refractivity contribution >= 4 is 5.91 Å². The van der Waals surface area contributed by atoms with Crippen LogP contribution < -0.4 is 5.32 Å². The molecule has 0 aromatic heterocycles. The minimum absolute atomic E-state index is 0.139. The first-order chi connectivity index (χ1) is 8.14. The second kappa shape index (κ2) is 4.97. The predicted octanol–water partition coefficient (Wildman–Crippen LogP) is 2.66. The van der Waals surface area contributed by atoms with Gasteiger partial charge in [-0.15, -0.1) is 0 Å². The Kier molecular flexibility index (Phi) is 3.76. The molecular formula is C14H26N2O. The maximum absolute atomic E-state index is 12.4. The summed E-state index contributed by atoms with van der Waals surface area (Å²) < 4.78 is 0. The van der Waals surface area contributed by atoms with Crippen LogP contribution in [-0.2, 0) is 4.79 Å². The standard InChI is InChI=1S/C14H26N2O/c1-4-6-7-8-11(3)16-12(5-2)15-14(9-10-14)13(16)17/h11-12,15H,4-10H2,1-3H3. The van der Waals surface area contributed by atoms with Gasteiger partial charge in [-0.25, -0.2) is 0 Å². The first kappa shape index (κ1) is 12.9. The van der Waals surface area contributed by atoms with Gasteiger partial charge in [-0.2, -0.15) is 0 Å². The molecule has 2 atom stereocenters. The van der Waals surface area contributed by atoms with Crippen LogP contribution in [0.2, 0.25) is 0 Å². The summed E-state index contributed by atoms with van der Waals surface area (Å²) in [5.41, 5.74) is -0.139. The minimum Gasteiger partial charge on any atom is -0.323 e. The Morgan fingerprint density at radius 1 is 1.41 bits per heavy atom. The molecule has 1 amide bonds. The first-order valence-electron chi connectivity index (χ1n) is 7.25. The molecule has 2 aliphatic rings. The molecule has 1 saturated carbocycles. The number of rotatable bonds is 6. The molecule has 0 radical (unpaired) electrons. The number of carbonyl (C=O) groups is 1. The summed E-state index contributed by atoms with van der Waals surface area (Å²) in [5, 5.41) is 3.54. The van der Waals surface area contributed by atoms with Crippen LogP contribution >= 0.6 is 0 Å². The highest BCUT2D eigenvalue weighted by Gasteiger charge is 2.59. The zero-order chi connectivity index (χ0) is 12.5. The second-order valence-corrected chi connectivity index (χ2v) is 5.71. The second-order valence-electron chi connectivity index (χ2n) is 5.71. The maximum Gasteiger partial charge on any atom is 0.244 e. The van der Waals surface area contributed by atoms with Crippen LogP contribution in [0.4, 0.5) is 0 Å². The summed E-state index contributed by atoms with van der Waals surface area (Å²) in [4.78, 5) is 14.5. The maximum atomic E-state index is 12.4. The number of nitrogens with zero attached hydrogens (tertiary/aromatic N) is 1. The van der Waals surface area contributed by atoms with Crippen molar-refractivity contribution < 1.29 is 4.79 Å². The van der Waals surface area contributed by atoms with Crippen LogP contribution in [0.15, 0.2) is 0 Å². The molecule has 1 aliphatic carbocycles.